The zero-order valence-corrected chi connectivity index (χ0v) is 12.0. The molecular weight excluding hydrogens is 210 g/mol. The van der Waals surface area contributed by atoms with Gasteiger partial charge < -0.3 is 16.0 Å². The van der Waals surface area contributed by atoms with Crippen LogP contribution in [0.1, 0.15) is 52.4 Å². The SMILES string of the molecule is CCNCCCCCNCCCCCNCC. The molecule has 3 nitrogen and oxygen atoms in total. The Bertz CT molecular complexity index is 115. The van der Waals surface area contributed by atoms with Crippen molar-refractivity contribution in [2.24, 2.45) is 0 Å². The summed E-state index contributed by atoms with van der Waals surface area (Å²) in [6.07, 6.45) is 7.98. The summed E-state index contributed by atoms with van der Waals surface area (Å²) < 4.78 is 0. The molecule has 0 aliphatic heterocycles. The van der Waals surface area contributed by atoms with Crippen molar-refractivity contribution in [1.29, 1.82) is 0 Å². The van der Waals surface area contributed by atoms with E-state index in [1.54, 1.807) is 0 Å². The van der Waals surface area contributed by atoms with Gasteiger partial charge in [-0.05, 0) is 65.0 Å². The highest BCUT2D eigenvalue weighted by molar-refractivity contribution is 4.52. The van der Waals surface area contributed by atoms with Crippen molar-refractivity contribution in [2.75, 3.05) is 39.3 Å². The van der Waals surface area contributed by atoms with Gasteiger partial charge in [0.15, 0.2) is 0 Å². The van der Waals surface area contributed by atoms with Crippen LogP contribution in [0, 0.1) is 0 Å². The zero-order valence-electron chi connectivity index (χ0n) is 12.0. The quantitative estimate of drug-likeness (QED) is 0.409. The molecule has 0 radical (unpaired) electrons. The van der Waals surface area contributed by atoms with E-state index in [1.807, 2.05) is 0 Å². The molecule has 17 heavy (non-hydrogen) atoms. The number of rotatable bonds is 14. The van der Waals surface area contributed by atoms with Crippen LogP contribution in [0.5, 0.6) is 0 Å². The van der Waals surface area contributed by atoms with Crippen molar-refractivity contribution in [3.63, 3.8) is 0 Å². The molecule has 0 heterocycles. The average molecular weight is 243 g/mol. The maximum absolute atomic E-state index is 3.53. The van der Waals surface area contributed by atoms with Gasteiger partial charge >= 0.3 is 0 Å². The van der Waals surface area contributed by atoms with Crippen LogP contribution in [0.3, 0.4) is 0 Å². The monoisotopic (exact) mass is 243 g/mol. The minimum Gasteiger partial charge on any atom is -0.317 e. The summed E-state index contributed by atoms with van der Waals surface area (Å²) in [5.41, 5.74) is 0. The Morgan fingerprint density at radius 1 is 0.471 bits per heavy atom. The summed E-state index contributed by atoms with van der Waals surface area (Å²) in [5.74, 6) is 0. The summed E-state index contributed by atoms with van der Waals surface area (Å²) in [7, 11) is 0. The predicted molar refractivity (Wildman–Crippen MR) is 77.7 cm³/mol. The molecule has 0 saturated carbocycles. The highest BCUT2D eigenvalue weighted by Gasteiger charge is 1.91. The zero-order chi connectivity index (χ0) is 12.6. The van der Waals surface area contributed by atoms with Crippen molar-refractivity contribution in [3.8, 4) is 0 Å². The van der Waals surface area contributed by atoms with Gasteiger partial charge in [-0.1, -0.05) is 26.7 Å². The summed E-state index contributed by atoms with van der Waals surface area (Å²) >= 11 is 0. The van der Waals surface area contributed by atoms with Gasteiger partial charge in [0.2, 0.25) is 0 Å². The van der Waals surface area contributed by atoms with Crippen molar-refractivity contribution in [3.05, 3.63) is 0 Å². The lowest BCUT2D eigenvalue weighted by atomic mass is 10.2. The summed E-state index contributed by atoms with van der Waals surface area (Å²) in [6.45, 7) is 11.3. The fraction of sp³-hybridized carbons (Fsp3) is 1.00. The Labute approximate surface area is 108 Å². The first kappa shape index (κ1) is 16.9. The van der Waals surface area contributed by atoms with Gasteiger partial charge in [0, 0.05) is 0 Å². The molecule has 0 aliphatic rings. The van der Waals surface area contributed by atoms with Crippen molar-refractivity contribution in [2.45, 2.75) is 52.4 Å². The number of hydrogen-bond donors (Lipinski definition) is 3. The molecule has 104 valence electrons. The number of unbranched alkanes of at least 4 members (excludes halogenated alkanes) is 4. The Kier molecular flexibility index (Phi) is 15.8. The van der Waals surface area contributed by atoms with Crippen LogP contribution >= 0.6 is 0 Å². The largest absolute Gasteiger partial charge is 0.317 e. The van der Waals surface area contributed by atoms with E-state index >= 15 is 0 Å². The molecule has 0 aromatic rings. The molecule has 0 bridgehead atoms. The smallest absolute Gasteiger partial charge is 0.00489 e. The molecular formula is C14H33N3. The van der Waals surface area contributed by atoms with E-state index in [0.717, 1.165) is 13.1 Å². The van der Waals surface area contributed by atoms with Gasteiger partial charge in [0.05, 0.1) is 0 Å². The van der Waals surface area contributed by atoms with E-state index in [-0.39, 0.29) is 0 Å². The number of hydrogen-bond acceptors (Lipinski definition) is 3. The molecule has 0 aromatic heterocycles. The lowest BCUT2D eigenvalue weighted by molar-refractivity contribution is 0.550. The topological polar surface area (TPSA) is 36.1 Å². The van der Waals surface area contributed by atoms with Crippen LogP contribution in [-0.2, 0) is 0 Å². The molecule has 0 saturated heterocycles. The standard InChI is InChI=1S/C14H33N3/c1-3-15-11-7-5-9-13-17-14-10-6-8-12-16-4-2/h15-17H,3-14H2,1-2H3. The Hall–Kier alpha value is -0.120. The minimum atomic E-state index is 1.10. The second kappa shape index (κ2) is 15.9. The van der Waals surface area contributed by atoms with Gasteiger partial charge in [-0.3, -0.25) is 0 Å². The van der Waals surface area contributed by atoms with Crippen LogP contribution in [-0.4, -0.2) is 39.3 Å². The molecule has 0 spiro atoms. The normalized spacial score (nSPS) is 10.9. The predicted octanol–water partition coefficient (Wildman–Crippen LogP) is 2.14. The van der Waals surface area contributed by atoms with E-state index in [2.05, 4.69) is 29.8 Å². The van der Waals surface area contributed by atoms with Crippen LogP contribution < -0.4 is 16.0 Å². The van der Waals surface area contributed by atoms with Gasteiger partial charge in [0.25, 0.3) is 0 Å². The third-order valence-corrected chi connectivity index (χ3v) is 2.91. The van der Waals surface area contributed by atoms with Crippen molar-refractivity contribution >= 4 is 0 Å². The highest BCUT2D eigenvalue weighted by Crippen LogP contribution is 1.94. The highest BCUT2D eigenvalue weighted by atomic mass is 14.9. The Morgan fingerprint density at radius 2 is 0.824 bits per heavy atom. The molecule has 0 atom stereocenters. The van der Waals surface area contributed by atoms with E-state index in [4.69, 9.17) is 0 Å². The van der Waals surface area contributed by atoms with Gasteiger partial charge in [-0.25, -0.2) is 0 Å². The van der Waals surface area contributed by atoms with Gasteiger partial charge in [0.1, 0.15) is 0 Å². The third-order valence-electron chi connectivity index (χ3n) is 2.91. The summed E-state index contributed by atoms with van der Waals surface area (Å²) in [5, 5.41) is 10.2. The maximum atomic E-state index is 3.53. The van der Waals surface area contributed by atoms with Crippen LogP contribution in [0.15, 0.2) is 0 Å². The van der Waals surface area contributed by atoms with Crippen LogP contribution in [0.4, 0.5) is 0 Å². The second-order valence-corrected chi connectivity index (χ2v) is 4.58. The van der Waals surface area contributed by atoms with Crippen LogP contribution in [0.2, 0.25) is 0 Å². The molecule has 0 aliphatic carbocycles. The van der Waals surface area contributed by atoms with Crippen molar-refractivity contribution in [1.82, 2.24) is 16.0 Å². The molecule has 3 heteroatoms. The summed E-state index contributed by atoms with van der Waals surface area (Å²) in [4.78, 5) is 0. The van der Waals surface area contributed by atoms with E-state index in [0.29, 0.717) is 0 Å². The molecule has 0 fully saturated rings. The molecule has 0 unspecified atom stereocenters. The fourth-order valence-electron chi connectivity index (χ4n) is 1.83. The first-order valence-corrected chi connectivity index (χ1v) is 7.54. The maximum Gasteiger partial charge on any atom is -0.00489 e. The molecule has 0 rings (SSSR count). The minimum absolute atomic E-state index is 1.10. The number of nitrogens with one attached hydrogen (secondary N) is 3. The molecule has 0 aromatic carbocycles. The first-order chi connectivity index (χ1) is 8.41. The van der Waals surface area contributed by atoms with Gasteiger partial charge in [-0.15, -0.1) is 0 Å². The van der Waals surface area contributed by atoms with Crippen molar-refractivity contribution < 1.29 is 0 Å². The third kappa shape index (κ3) is 15.9. The van der Waals surface area contributed by atoms with Crippen LogP contribution in [0.25, 0.3) is 0 Å². The van der Waals surface area contributed by atoms with E-state index < -0.39 is 0 Å². The fourth-order valence-corrected chi connectivity index (χ4v) is 1.83. The average Bonchev–Trinajstić information content (AvgIpc) is 2.35. The first-order valence-electron chi connectivity index (χ1n) is 7.54. The molecule has 3 N–H and O–H groups in total. The second-order valence-electron chi connectivity index (χ2n) is 4.58. The van der Waals surface area contributed by atoms with E-state index in [9.17, 15) is 0 Å². The Morgan fingerprint density at radius 3 is 1.18 bits per heavy atom. The summed E-state index contributed by atoms with van der Waals surface area (Å²) in [6, 6.07) is 0. The van der Waals surface area contributed by atoms with Gasteiger partial charge in [-0.2, -0.15) is 0 Å². The van der Waals surface area contributed by atoms with E-state index in [1.165, 1.54) is 64.7 Å². The lowest BCUT2D eigenvalue weighted by Crippen LogP contribution is -2.18. The lowest BCUT2D eigenvalue weighted by Gasteiger charge is -2.05. The Balaban J connectivity index is 2.85. The molecule has 0 amide bonds.